The van der Waals surface area contributed by atoms with Crippen LogP contribution in [-0.4, -0.2) is 31.8 Å². The van der Waals surface area contributed by atoms with Gasteiger partial charge < -0.3 is 5.11 Å². The van der Waals surface area contributed by atoms with E-state index < -0.39 is 16.0 Å². The Balaban J connectivity index is 3.35. The van der Waals surface area contributed by atoms with Gasteiger partial charge in [0, 0.05) is 13.0 Å². The van der Waals surface area contributed by atoms with E-state index >= 15 is 0 Å². The summed E-state index contributed by atoms with van der Waals surface area (Å²) < 4.78 is 26.4. The Labute approximate surface area is 155 Å². The van der Waals surface area contributed by atoms with Crippen LogP contribution >= 0.6 is 0 Å². The lowest BCUT2D eigenvalue weighted by Crippen LogP contribution is -2.27. The molecule has 0 rings (SSSR count). The lowest BCUT2D eigenvalue weighted by molar-refractivity contribution is -0.137. The Hall–Kier alpha value is -0.620. The highest BCUT2D eigenvalue weighted by atomic mass is 32.2. The van der Waals surface area contributed by atoms with Crippen LogP contribution in [0.5, 0.6) is 0 Å². The molecule has 6 heteroatoms. The fourth-order valence-corrected chi connectivity index (χ4v) is 4.02. The second-order valence-corrected chi connectivity index (χ2v) is 8.88. The van der Waals surface area contributed by atoms with Crippen LogP contribution in [0.15, 0.2) is 0 Å². The Morgan fingerprint density at radius 2 is 1.24 bits per heavy atom. The SMILES string of the molecule is CCCCCCCCS(=O)(=O)NCCCCCCCCCCC(=O)O. The van der Waals surface area contributed by atoms with Crippen LogP contribution in [0.3, 0.4) is 0 Å². The first-order valence-electron chi connectivity index (χ1n) is 10.2. The number of carboxylic acid groups (broad SMARTS) is 1. The summed E-state index contributed by atoms with van der Waals surface area (Å²) in [6.07, 6.45) is 15.1. The Morgan fingerprint density at radius 1 is 0.760 bits per heavy atom. The smallest absolute Gasteiger partial charge is 0.303 e. The van der Waals surface area contributed by atoms with Gasteiger partial charge in [0.05, 0.1) is 5.75 Å². The van der Waals surface area contributed by atoms with E-state index in [1.165, 1.54) is 19.3 Å². The molecule has 0 aliphatic carbocycles. The number of aliphatic carboxylic acids is 1. The van der Waals surface area contributed by atoms with Crippen LogP contribution in [0.2, 0.25) is 0 Å². The van der Waals surface area contributed by atoms with Crippen LogP contribution in [0.1, 0.15) is 103 Å². The first-order chi connectivity index (χ1) is 12.0. The number of rotatable bonds is 19. The van der Waals surface area contributed by atoms with Gasteiger partial charge in [0.1, 0.15) is 0 Å². The molecule has 0 saturated heterocycles. The quantitative estimate of drug-likeness (QED) is 0.315. The lowest BCUT2D eigenvalue weighted by Gasteiger charge is -2.07. The molecule has 0 aliphatic rings. The minimum absolute atomic E-state index is 0.259. The van der Waals surface area contributed by atoms with Gasteiger partial charge in [0.25, 0.3) is 0 Å². The minimum Gasteiger partial charge on any atom is -0.481 e. The van der Waals surface area contributed by atoms with Crippen molar-refractivity contribution in [3.05, 3.63) is 0 Å². The molecule has 0 amide bonds. The zero-order valence-corrected chi connectivity index (χ0v) is 16.9. The number of carboxylic acids is 1. The van der Waals surface area contributed by atoms with Crippen LogP contribution in [0.25, 0.3) is 0 Å². The third kappa shape index (κ3) is 19.6. The molecule has 0 bridgehead atoms. The van der Waals surface area contributed by atoms with Crippen molar-refractivity contribution < 1.29 is 18.3 Å². The molecule has 0 aliphatic heterocycles. The molecule has 0 unspecified atom stereocenters. The van der Waals surface area contributed by atoms with Gasteiger partial charge in [0.15, 0.2) is 0 Å². The monoisotopic (exact) mass is 377 g/mol. The highest BCUT2D eigenvalue weighted by Gasteiger charge is 2.08. The highest BCUT2D eigenvalue weighted by Crippen LogP contribution is 2.10. The maximum Gasteiger partial charge on any atom is 0.303 e. The van der Waals surface area contributed by atoms with Crippen LogP contribution in [0.4, 0.5) is 0 Å². The standard InChI is InChI=1S/C19H39NO4S/c1-2-3-4-5-12-15-18-25(23,24)20-17-14-11-9-7-6-8-10-13-16-19(21)22/h20H,2-18H2,1H3,(H,21,22). The van der Waals surface area contributed by atoms with Gasteiger partial charge in [-0.3, -0.25) is 4.79 Å². The summed E-state index contributed by atoms with van der Waals surface area (Å²) in [4.78, 5) is 10.4. The predicted octanol–water partition coefficient (Wildman–Crippen LogP) is 4.86. The van der Waals surface area contributed by atoms with Crippen molar-refractivity contribution in [3.63, 3.8) is 0 Å². The molecule has 0 heterocycles. The third-order valence-electron chi connectivity index (χ3n) is 4.41. The van der Waals surface area contributed by atoms with Gasteiger partial charge in [-0.2, -0.15) is 0 Å². The summed E-state index contributed by atoms with van der Waals surface area (Å²) in [7, 11) is -3.09. The zero-order valence-electron chi connectivity index (χ0n) is 16.1. The average molecular weight is 378 g/mol. The van der Waals surface area contributed by atoms with Crippen LogP contribution in [-0.2, 0) is 14.8 Å². The van der Waals surface area contributed by atoms with E-state index in [-0.39, 0.29) is 12.2 Å². The normalized spacial score (nSPS) is 11.7. The summed E-state index contributed by atoms with van der Waals surface area (Å²) in [5.41, 5.74) is 0. The van der Waals surface area contributed by atoms with E-state index in [1.807, 2.05) is 0 Å². The number of unbranched alkanes of at least 4 members (excludes halogenated alkanes) is 12. The molecular weight excluding hydrogens is 338 g/mol. The summed E-state index contributed by atoms with van der Waals surface area (Å²) in [6.45, 7) is 2.73. The molecule has 0 radical (unpaired) electrons. The molecule has 0 aromatic carbocycles. The van der Waals surface area contributed by atoms with Crippen molar-refractivity contribution in [3.8, 4) is 0 Å². The molecule has 0 spiro atoms. The van der Waals surface area contributed by atoms with E-state index in [9.17, 15) is 13.2 Å². The van der Waals surface area contributed by atoms with Gasteiger partial charge in [0.2, 0.25) is 10.0 Å². The Kier molecular flexibility index (Phi) is 16.4. The molecule has 25 heavy (non-hydrogen) atoms. The van der Waals surface area contributed by atoms with Crippen molar-refractivity contribution in [1.82, 2.24) is 4.72 Å². The van der Waals surface area contributed by atoms with Gasteiger partial charge in [-0.05, 0) is 19.3 Å². The zero-order chi connectivity index (χ0) is 18.8. The molecule has 0 fully saturated rings. The van der Waals surface area contributed by atoms with Crippen LogP contribution < -0.4 is 4.72 Å². The topological polar surface area (TPSA) is 83.5 Å². The molecule has 150 valence electrons. The third-order valence-corrected chi connectivity index (χ3v) is 5.88. The van der Waals surface area contributed by atoms with Crippen molar-refractivity contribution in [1.29, 1.82) is 0 Å². The molecule has 2 N–H and O–H groups in total. The van der Waals surface area contributed by atoms with Crippen molar-refractivity contribution >= 4 is 16.0 Å². The summed E-state index contributed by atoms with van der Waals surface area (Å²) >= 11 is 0. The first kappa shape index (κ1) is 24.4. The van der Waals surface area contributed by atoms with Gasteiger partial charge in [-0.1, -0.05) is 77.6 Å². The summed E-state index contributed by atoms with van der Waals surface area (Å²) in [5.74, 6) is -0.450. The molecular formula is C19H39NO4S. The van der Waals surface area contributed by atoms with E-state index in [4.69, 9.17) is 5.11 Å². The number of carbonyl (C=O) groups is 1. The number of nitrogens with one attached hydrogen (secondary N) is 1. The van der Waals surface area contributed by atoms with E-state index in [0.717, 1.165) is 70.6 Å². The molecule has 0 aromatic heterocycles. The average Bonchev–Trinajstić information content (AvgIpc) is 2.55. The number of hydrogen-bond acceptors (Lipinski definition) is 3. The largest absolute Gasteiger partial charge is 0.481 e. The Bertz CT molecular complexity index is 410. The lowest BCUT2D eigenvalue weighted by atomic mass is 10.1. The number of sulfonamides is 1. The van der Waals surface area contributed by atoms with E-state index in [1.54, 1.807) is 0 Å². The van der Waals surface area contributed by atoms with Crippen LogP contribution in [0, 0.1) is 0 Å². The van der Waals surface area contributed by atoms with Crippen molar-refractivity contribution in [2.45, 2.75) is 103 Å². The van der Waals surface area contributed by atoms with Gasteiger partial charge >= 0.3 is 5.97 Å². The van der Waals surface area contributed by atoms with Gasteiger partial charge in [-0.25, -0.2) is 13.1 Å². The Morgan fingerprint density at radius 3 is 1.80 bits per heavy atom. The second-order valence-electron chi connectivity index (χ2n) is 6.95. The van der Waals surface area contributed by atoms with E-state index in [0.29, 0.717) is 6.54 Å². The van der Waals surface area contributed by atoms with Crippen molar-refractivity contribution in [2.75, 3.05) is 12.3 Å². The maximum atomic E-state index is 11.9. The predicted molar refractivity (Wildman–Crippen MR) is 104 cm³/mol. The molecule has 5 nitrogen and oxygen atoms in total. The molecule has 0 saturated carbocycles. The molecule has 0 aromatic rings. The van der Waals surface area contributed by atoms with Crippen molar-refractivity contribution in [2.24, 2.45) is 0 Å². The summed E-state index contributed by atoms with van der Waals surface area (Å²) in [5, 5.41) is 8.54. The highest BCUT2D eigenvalue weighted by molar-refractivity contribution is 7.89. The fraction of sp³-hybridized carbons (Fsp3) is 0.947. The summed E-state index contributed by atoms with van der Waals surface area (Å²) in [6, 6.07) is 0. The minimum atomic E-state index is -3.09. The number of hydrogen-bond donors (Lipinski definition) is 2. The molecule has 0 atom stereocenters. The second kappa shape index (κ2) is 16.8. The first-order valence-corrected chi connectivity index (χ1v) is 11.8. The fourth-order valence-electron chi connectivity index (χ4n) is 2.83. The van der Waals surface area contributed by atoms with Gasteiger partial charge in [-0.15, -0.1) is 0 Å². The van der Waals surface area contributed by atoms with E-state index in [2.05, 4.69) is 11.6 Å². The maximum absolute atomic E-state index is 11.9.